The molecule has 2 aromatic carbocycles. The molecule has 1 heterocycles. The molecule has 0 bridgehead atoms. The summed E-state index contributed by atoms with van der Waals surface area (Å²) in [5.74, 6) is 0. The minimum Gasteiger partial charge on any atom is -0.405 e. The summed E-state index contributed by atoms with van der Waals surface area (Å²) in [6, 6.07) is 21.2. The van der Waals surface area contributed by atoms with Crippen LogP contribution in [-0.2, 0) is 6.54 Å². The number of nitrogens with zero attached hydrogens (tertiary/aromatic N) is 1. The molecule has 0 aliphatic carbocycles. The Bertz CT molecular complexity index is 668. The Morgan fingerprint density at radius 1 is 1.18 bits per heavy atom. The topological polar surface area (TPSA) is 67.3 Å². The average Bonchev–Trinajstić information content (AvgIpc) is 3.15. The smallest absolute Gasteiger partial charge is 0.0486 e. The normalized spacial score (nSPS) is 16.6. The maximum atomic E-state index is 5.61. The molecule has 1 aliphatic heterocycles. The van der Waals surface area contributed by atoms with Gasteiger partial charge < -0.3 is 16.8 Å². The lowest BCUT2D eigenvalue weighted by molar-refractivity contribution is 0.334. The molecule has 0 spiro atoms. The quantitative estimate of drug-likeness (QED) is 0.728. The van der Waals surface area contributed by atoms with Crippen molar-refractivity contribution < 1.29 is 0 Å². The summed E-state index contributed by atoms with van der Waals surface area (Å²) in [6.07, 6.45) is 3.77. The average molecular weight is 381 g/mol. The molecule has 1 fully saturated rings. The molecule has 0 aromatic heterocycles. The number of hydrogen-bond acceptors (Lipinski definition) is 4. The van der Waals surface area contributed by atoms with E-state index in [0.717, 1.165) is 12.2 Å². The third-order valence-electron chi connectivity index (χ3n) is 4.61. The molecule has 0 radical (unpaired) electrons. The van der Waals surface area contributed by atoms with E-state index in [1.807, 2.05) is 43.3 Å². The van der Waals surface area contributed by atoms with Crippen molar-refractivity contribution in [1.29, 1.82) is 0 Å². The highest BCUT2D eigenvalue weighted by molar-refractivity contribution is 5.17. The molecule has 152 valence electrons. The van der Waals surface area contributed by atoms with Gasteiger partial charge in [0, 0.05) is 24.3 Å². The number of benzene rings is 2. The molecule has 1 saturated heterocycles. The van der Waals surface area contributed by atoms with E-state index in [-0.39, 0.29) is 6.04 Å². The van der Waals surface area contributed by atoms with E-state index in [1.54, 1.807) is 0 Å². The number of nitrogens with one attached hydrogen (secondary N) is 1. The van der Waals surface area contributed by atoms with E-state index in [9.17, 15) is 0 Å². The summed E-state index contributed by atoms with van der Waals surface area (Å²) in [6.45, 7) is 11.3. The fraction of sp³-hybridized carbons (Fsp3) is 0.333. The predicted octanol–water partition coefficient (Wildman–Crippen LogP) is 4.18. The number of likely N-dealkylation sites (N-methyl/N-ethyl adjacent to an activating group) is 1. The molecule has 0 saturated carbocycles. The van der Waals surface area contributed by atoms with E-state index in [2.05, 4.69) is 60.4 Å². The lowest BCUT2D eigenvalue weighted by Crippen LogP contribution is -2.32. The highest BCUT2D eigenvalue weighted by Gasteiger charge is 2.22. The Morgan fingerprint density at radius 3 is 2.14 bits per heavy atom. The summed E-state index contributed by atoms with van der Waals surface area (Å²) in [5.41, 5.74) is 13.9. The van der Waals surface area contributed by atoms with Gasteiger partial charge in [0.2, 0.25) is 0 Å². The molecular weight excluding hydrogens is 344 g/mol. The second kappa shape index (κ2) is 13.6. The molecule has 1 aliphatic rings. The minimum atomic E-state index is 0.159. The van der Waals surface area contributed by atoms with Gasteiger partial charge in [0.25, 0.3) is 0 Å². The van der Waals surface area contributed by atoms with E-state index in [1.165, 1.54) is 36.7 Å². The second-order valence-electron chi connectivity index (χ2n) is 6.94. The fourth-order valence-corrected chi connectivity index (χ4v) is 3.04. The number of rotatable bonds is 5. The van der Waals surface area contributed by atoms with Crippen molar-refractivity contribution in [2.45, 2.75) is 38.4 Å². The molecule has 0 amide bonds. The van der Waals surface area contributed by atoms with Crippen molar-refractivity contribution in [3.63, 3.8) is 0 Å². The lowest BCUT2D eigenvalue weighted by atomic mass is 10.1. The Balaban J connectivity index is 0.000000276. The van der Waals surface area contributed by atoms with E-state index in [4.69, 9.17) is 5.73 Å². The van der Waals surface area contributed by atoms with Gasteiger partial charge in [-0.25, -0.2) is 0 Å². The SMILES string of the molecule is C=C(NCc1ccccc1)C1CCCN1C.C=CN.CC(N)c1ccccc1. The molecule has 5 N–H and O–H groups in total. The lowest BCUT2D eigenvalue weighted by Gasteiger charge is -2.22. The Morgan fingerprint density at radius 2 is 1.71 bits per heavy atom. The zero-order valence-corrected chi connectivity index (χ0v) is 17.4. The highest BCUT2D eigenvalue weighted by Crippen LogP contribution is 2.19. The second-order valence-corrected chi connectivity index (χ2v) is 6.94. The Kier molecular flexibility index (Phi) is 11.4. The van der Waals surface area contributed by atoms with Crippen LogP contribution in [0, 0.1) is 0 Å². The van der Waals surface area contributed by atoms with Crippen molar-refractivity contribution in [3.8, 4) is 0 Å². The van der Waals surface area contributed by atoms with Crippen molar-refractivity contribution in [1.82, 2.24) is 10.2 Å². The summed E-state index contributed by atoms with van der Waals surface area (Å²) >= 11 is 0. The molecule has 2 aromatic rings. The largest absolute Gasteiger partial charge is 0.405 e. The van der Waals surface area contributed by atoms with E-state index < -0.39 is 0 Å². The summed E-state index contributed by atoms with van der Waals surface area (Å²) in [4.78, 5) is 2.38. The summed E-state index contributed by atoms with van der Waals surface area (Å²) < 4.78 is 0. The maximum absolute atomic E-state index is 5.61. The van der Waals surface area contributed by atoms with Gasteiger partial charge in [-0.3, -0.25) is 4.90 Å². The molecule has 3 rings (SSSR count). The first-order valence-electron chi connectivity index (χ1n) is 9.79. The van der Waals surface area contributed by atoms with Crippen LogP contribution in [0.4, 0.5) is 0 Å². The zero-order valence-electron chi connectivity index (χ0n) is 17.4. The standard InChI is InChI=1S/C14H20N2.C8H11N.C2H5N/c1-12(14-9-6-10-16(14)2)15-11-13-7-4-3-5-8-13;1-7(9)8-5-3-2-4-6-8;1-2-3/h3-5,7-8,14-15H,1,6,9-11H2,2H3;2-7H,9H2,1H3;2H,1,3H2. The Hall–Kier alpha value is -2.56. The van der Waals surface area contributed by atoms with Crippen molar-refractivity contribution in [2.24, 2.45) is 11.5 Å². The van der Waals surface area contributed by atoms with E-state index in [0.29, 0.717) is 6.04 Å². The number of nitrogens with two attached hydrogens (primary N) is 2. The number of likely N-dealkylation sites (tertiary alicyclic amines) is 1. The summed E-state index contributed by atoms with van der Waals surface area (Å²) in [7, 11) is 2.17. The summed E-state index contributed by atoms with van der Waals surface area (Å²) in [5, 5.41) is 3.44. The van der Waals surface area contributed by atoms with Crippen molar-refractivity contribution in [2.75, 3.05) is 13.6 Å². The molecule has 4 nitrogen and oxygen atoms in total. The van der Waals surface area contributed by atoms with E-state index >= 15 is 0 Å². The minimum absolute atomic E-state index is 0.159. The first kappa shape index (κ1) is 23.5. The van der Waals surface area contributed by atoms with Gasteiger partial charge in [-0.05, 0) is 50.7 Å². The van der Waals surface area contributed by atoms with Crippen LogP contribution < -0.4 is 16.8 Å². The number of hydrogen-bond donors (Lipinski definition) is 3. The molecule has 2 atom stereocenters. The van der Waals surface area contributed by atoms with Crippen LogP contribution in [0.2, 0.25) is 0 Å². The van der Waals surface area contributed by atoms with Crippen LogP contribution in [0.25, 0.3) is 0 Å². The van der Waals surface area contributed by atoms with Crippen LogP contribution in [0.15, 0.2) is 85.7 Å². The van der Waals surface area contributed by atoms with Crippen molar-refractivity contribution in [3.05, 3.63) is 96.8 Å². The van der Waals surface area contributed by atoms with Gasteiger partial charge in [-0.1, -0.05) is 73.8 Å². The molecule has 2 unspecified atom stereocenters. The van der Waals surface area contributed by atoms with Gasteiger partial charge in [0.15, 0.2) is 0 Å². The van der Waals surface area contributed by atoms with Crippen LogP contribution in [0.3, 0.4) is 0 Å². The predicted molar refractivity (Wildman–Crippen MR) is 122 cm³/mol. The highest BCUT2D eigenvalue weighted by atomic mass is 15.2. The van der Waals surface area contributed by atoms with Gasteiger partial charge in [0.1, 0.15) is 0 Å². The first-order valence-corrected chi connectivity index (χ1v) is 9.79. The third-order valence-corrected chi connectivity index (χ3v) is 4.61. The fourth-order valence-electron chi connectivity index (χ4n) is 3.04. The zero-order chi connectivity index (χ0) is 20.8. The van der Waals surface area contributed by atoms with Gasteiger partial charge in [-0.2, -0.15) is 0 Å². The third kappa shape index (κ3) is 8.89. The molecule has 4 heteroatoms. The monoisotopic (exact) mass is 380 g/mol. The van der Waals surface area contributed by atoms with Crippen LogP contribution in [-0.4, -0.2) is 24.5 Å². The van der Waals surface area contributed by atoms with Crippen molar-refractivity contribution >= 4 is 0 Å². The van der Waals surface area contributed by atoms with Gasteiger partial charge >= 0.3 is 0 Å². The van der Waals surface area contributed by atoms with Crippen LogP contribution in [0.5, 0.6) is 0 Å². The van der Waals surface area contributed by atoms with Crippen LogP contribution >= 0.6 is 0 Å². The van der Waals surface area contributed by atoms with Gasteiger partial charge in [0.05, 0.1) is 0 Å². The Labute approximate surface area is 170 Å². The van der Waals surface area contributed by atoms with Crippen LogP contribution in [0.1, 0.15) is 36.9 Å². The first-order chi connectivity index (χ1) is 13.5. The molecular formula is C24H36N4. The molecule has 28 heavy (non-hydrogen) atoms. The maximum Gasteiger partial charge on any atom is 0.0486 e. The van der Waals surface area contributed by atoms with Gasteiger partial charge in [-0.15, -0.1) is 0 Å².